The molecule has 0 bridgehead atoms. The highest BCUT2D eigenvalue weighted by molar-refractivity contribution is 9.10. The van der Waals surface area contributed by atoms with Crippen LogP contribution in [-0.4, -0.2) is 7.05 Å². The minimum absolute atomic E-state index is 0.187. The number of ether oxygens (including phenoxy) is 1. The van der Waals surface area contributed by atoms with E-state index in [0.29, 0.717) is 10.8 Å². The van der Waals surface area contributed by atoms with Crippen LogP contribution in [-0.2, 0) is 0 Å². The zero-order valence-electron chi connectivity index (χ0n) is 11.1. The lowest BCUT2D eigenvalue weighted by Crippen LogP contribution is -2.13. The Kier molecular flexibility index (Phi) is 5.49. The molecule has 2 rings (SSSR count). The summed E-state index contributed by atoms with van der Waals surface area (Å²) in [6, 6.07) is 11.7. The van der Waals surface area contributed by atoms with Crippen molar-refractivity contribution < 1.29 is 4.74 Å². The summed E-state index contributed by atoms with van der Waals surface area (Å²) in [6.07, 6.45) is 0. The molecule has 5 heteroatoms. The van der Waals surface area contributed by atoms with Gasteiger partial charge in [-0.2, -0.15) is 0 Å². The zero-order valence-corrected chi connectivity index (χ0v) is 15.0. The Bertz CT molecular complexity index is 619. The minimum Gasteiger partial charge on any atom is -0.455 e. The van der Waals surface area contributed by atoms with Crippen LogP contribution >= 0.6 is 43.5 Å². The highest BCUT2D eigenvalue weighted by Crippen LogP contribution is 2.36. The first kappa shape index (κ1) is 15.8. The molecule has 0 aliphatic heterocycles. The molecule has 20 heavy (non-hydrogen) atoms. The summed E-state index contributed by atoms with van der Waals surface area (Å²) >= 11 is 13.1. The van der Waals surface area contributed by atoms with E-state index in [1.54, 1.807) is 0 Å². The molecule has 0 aliphatic rings. The Balaban J connectivity index is 2.39. The second kappa shape index (κ2) is 6.94. The smallest absolute Gasteiger partial charge is 0.146 e. The highest BCUT2D eigenvalue weighted by atomic mass is 79.9. The molecular weight excluding hydrogens is 405 g/mol. The summed E-state index contributed by atoms with van der Waals surface area (Å²) in [5.74, 6) is 1.42. The van der Waals surface area contributed by atoms with Crippen LogP contribution in [0.4, 0.5) is 0 Å². The molecule has 0 aromatic heterocycles. The average molecular weight is 420 g/mol. The lowest BCUT2D eigenvalue weighted by atomic mass is 10.1. The van der Waals surface area contributed by atoms with Crippen molar-refractivity contribution in [3.63, 3.8) is 0 Å². The molecule has 1 unspecified atom stereocenters. The van der Waals surface area contributed by atoms with Gasteiger partial charge in [0.1, 0.15) is 11.5 Å². The molecule has 0 spiro atoms. The predicted molar refractivity (Wildman–Crippen MR) is 90.8 cm³/mol. The maximum atomic E-state index is 6.20. The van der Waals surface area contributed by atoms with Gasteiger partial charge in [-0.15, -0.1) is 0 Å². The van der Waals surface area contributed by atoms with E-state index in [9.17, 15) is 0 Å². The van der Waals surface area contributed by atoms with E-state index in [1.807, 2.05) is 43.4 Å². The second-order valence-electron chi connectivity index (χ2n) is 4.37. The van der Waals surface area contributed by atoms with Gasteiger partial charge in [0.2, 0.25) is 0 Å². The fourth-order valence-electron chi connectivity index (χ4n) is 1.79. The van der Waals surface area contributed by atoms with Crippen molar-refractivity contribution in [1.29, 1.82) is 0 Å². The van der Waals surface area contributed by atoms with Gasteiger partial charge in [0.05, 0.1) is 5.02 Å². The van der Waals surface area contributed by atoms with Crippen LogP contribution in [0.3, 0.4) is 0 Å². The van der Waals surface area contributed by atoms with Crippen molar-refractivity contribution in [3.8, 4) is 11.5 Å². The van der Waals surface area contributed by atoms with Crippen LogP contribution in [0.2, 0.25) is 5.02 Å². The fourth-order valence-corrected chi connectivity index (χ4v) is 2.84. The number of rotatable bonds is 4. The summed E-state index contributed by atoms with van der Waals surface area (Å²) in [4.78, 5) is 0. The van der Waals surface area contributed by atoms with Gasteiger partial charge in [-0.1, -0.05) is 49.5 Å². The highest BCUT2D eigenvalue weighted by Gasteiger charge is 2.13. The Hall–Kier alpha value is -0.550. The third kappa shape index (κ3) is 3.76. The molecule has 0 fully saturated rings. The van der Waals surface area contributed by atoms with Gasteiger partial charge in [0.15, 0.2) is 0 Å². The summed E-state index contributed by atoms with van der Waals surface area (Å²) in [5, 5.41) is 3.79. The first-order chi connectivity index (χ1) is 9.51. The standard InChI is InChI=1S/C15H14Br2ClNO/c1-9(19-2)12-5-3-11(17)8-15(12)20-14-6-4-10(16)7-13(14)18/h3-9,19H,1-2H3. The summed E-state index contributed by atoms with van der Waals surface area (Å²) in [5.41, 5.74) is 1.08. The molecular formula is C15H14Br2ClNO. The monoisotopic (exact) mass is 417 g/mol. The van der Waals surface area contributed by atoms with Crippen LogP contribution in [0.5, 0.6) is 11.5 Å². The molecule has 0 radical (unpaired) electrons. The van der Waals surface area contributed by atoms with Crippen molar-refractivity contribution in [2.24, 2.45) is 0 Å². The van der Waals surface area contributed by atoms with Crippen molar-refractivity contribution in [3.05, 3.63) is 55.9 Å². The van der Waals surface area contributed by atoms with Gasteiger partial charge < -0.3 is 10.1 Å². The minimum atomic E-state index is 0.187. The van der Waals surface area contributed by atoms with Crippen LogP contribution in [0.15, 0.2) is 45.3 Å². The summed E-state index contributed by atoms with van der Waals surface area (Å²) in [6.45, 7) is 2.08. The average Bonchev–Trinajstić information content (AvgIpc) is 2.41. The second-order valence-corrected chi connectivity index (χ2v) is 6.61. The third-order valence-electron chi connectivity index (χ3n) is 2.99. The van der Waals surface area contributed by atoms with Gasteiger partial charge in [-0.25, -0.2) is 0 Å². The Morgan fingerprint density at radius 2 is 1.70 bits per heavy atom. The molecule has 1 atom stereocenters. The van der Waals surface area contributed by atoms with Crippen molar-refractivity contribution in [2.75, 3.05) is 7.05 Å². The number of benzene rings is 2. The maximum Gasteiger partial charge on any atom is 0.146 e. The Morgan fingerprint density at radius 1 is 1.05 bits per heavy atom. The normalized spacial score (nSPS) is 12.2. The van der Waals surface area contributed by atoms with Crippen LogP contribution < -0.4 is 10.1 Å². The number of nitrogens with one attached hydrogen (secondary N) is 1. The van der Waals surface area contributed by atoms with Crippen LogP contribution in [0.1, 0.15) is 18.5 Å². The predicted octanol–water partition coefficient (Wildman–Crippen LogP) is 5.94. The fraction of sp³-hybridized carbons (Fsp3) is 0.200. The molecule has 1 N–H and O–H groups in total. The number of hydrogen-bond donors (Lipinski definition) is 1. The van der Waals surface area contributed by atoms with Gasteiger partial charge in [0.25, 0.3) is 0 Å². The van der Waals surface area contributed by atoms with Gasteiger partial charge in [-0.3, -0.25) is 0 Å². The van der Waals surface area contributed by atoms with E-state index in [4.69, 9.17) is 16.3 Å². The quantitative estimate of drug-likeness (QED) is 0.662. The van der Waals surface area contributed by atoms with E-state index in [-0.39, 0.29) is 6.04 Å². The number of halogens is 3. The first-order valence-corrected chi connectivity index (χ1v) is 8.07. The molecule has 0 saturated carbocycles. The number of hydrogen-bond acceptors (Lipinski definition) is 2. The van der Waals surface area contributed by atoms with E-state index in [0.717, 1.165) is 20.3 Å². The largest absolute Gasteiger partial charge is 0.455 e. The lowest BCUT2D eigenvalue weighted by Gasteiger charge is -2.17. The summed E-state index contributed by atoms with van der Waals surface area (Å²) < 4.78 is 7.87. The van der Waals surface area contributed by atoms with E-state index < -0.39 is 0 Å². The van der Waals surface area contributed by atoms with Crippen molar-refractivity contribution in [1.82, 2.24) is 5.32 Å². The van der Waals surface area contributed by atoms with E-state index >= 15 is 0 Å². The lowest BCUT2D eigenvalue weighted by molar-refractivity contribution is 0.466. The summed E-state index contributed by atoms with van der Waals surface area (Å²) in [7, 11) is 1.92. The van der Waals surface area contributed by atoms with Crippen molar-refractivity contribution >= 4 is 43.5 Å². The van der Waals surface area contributed by atoms with Crippen LogP contribution in [0, 0.1) is 0 Å². The van der Waals surface area contributed by atoms with E-state index in [2.05, 4.69) is 44.1 Å². The molecule has 0 aliphatic carbocycles. The first-order valence-electron chi connectivity index (χ1n) is 6.11. The molecule has 106 valence electrons. The Labute approximate surface area is 140 Å². The topological polar surface area (TPSA) is 21.3 Å². The molecule has 0 amide bonds. The van der Waals surface area contributed by atoms with Gasteiger partial charge >= 0.3 is 0 Å². The van der Waals surface area contributed by atoms with Crippen LogP contribution in [0.25, 0.3) is 0 Å². The van der Waals surface area contributed by atoms with Crippen molar-refractivity contribution in [2.45, 2.75) is 13.0 Å². The maximum absolute atomic E-state index is 6.20. The van der Waals surface area contributed by atoms with Gasteiger partial charge in [0, 0.05) is 20.6 Å². The molecule has 2 aromatic carbocycles. The Morgan fingerprint density at radius 3 is 2.35 bits per heavy atom. The molecule has 0 heterocycles. The molecule has 0 saturated heterocycles. The molecule has 2 aromatic rings. The van der Waals surface area contributed by atoms with Gasteiger partial charge in [-0.05, 0) is 44.3 Å². The van der Waals surface area contributed by atoms with E-state index in [1.165, 1.54) is 0 Å². The zero-order chi connectivity index (χ0) is 14.7. The third-order valence-corrected chi connectivity index (χ3v) is 4.27. The molecule has 2 nitrogen and oxygen atoms in total. The SMILES string of the molecule is CNC(C)c1ccc(Br)cc1Oc1ccc(Br)cc1Cl.